The molecule has 6 heteroatoms. The summed E-state index contributed by atoms with van der Waals surface area (Å²) < 4.78 is 6.39. The van der Waals surface area contributed by atoms with Crippen molar-refractivity contribution in [2.75, 3.05) is 0 Å². The zero-order valence-electron chi connectivity index (χ0n) is 13.0. The molecule has 0 atom stereocenters. The number of nitrogens with one attached hydrogen (secondary N) is 1. The lowest BCUT2D eigenvalue weighted by molar-refractivity contribution is 0.0949. The van der Waals surface area contributed by atoms with Crippen molar-refractivity contribution < 1.29 is 9.32 Å². The summed E-state index contributed by atoms with van der Waals surface area (Å²) in [4.78, 5) is 24.6. The van der Waals surface area contributed by atoms with Crippen LogP contribution in [0.3, 0.4) is 0 Å². The smallest absolute Gasteiger partial charge is 0.348 e. The van der Waals surface area contributed by atoms with Gasteiger partial charge in [-0.3, -0.25) is 4.79 Å². The molecule has 0 unspecified atom stereocenters. The highest BCUT2D eigenvalue weighted by Crippen LogP contribution is 2.21. The standard InChI is InChI=1S/C18H15ClN2O3/c1-21-16(13-5-3-2-4-6-13)15(18(23)24-21)17(22)20-11-12-7-9-14(19)10-8-12/h2-10H,11H2,1H3,(H,20,22). The third-order valence-corrected chi connectivity index (χ3v) is 3.87. The zero-order chi connectivity index (χ0) is 17.1. The van der Waals surface area contributed by atoms with Crippen LogP contribution in [-0.2, 0) is 13.6 Å². The normalized spacial score (nSPS) is 10.6. The summed E-state index contributed by atoms with van der Waals surface area (Å²) in [6, 6.07) is 16.3. The van der Waals surface area contributed by atoms with Crippen LogP contribution in [0.5, 0.6) is 0 Å². The number of rotatable bonds is 4. The maximum Gasteiger partial charge on any atom is 0.370 e. The molecule has 0 radical (unpaired) electrons. The maximum atomic E-state index is 12.5. The minimum absolute atomic E-state index is 0.00216. The van der Waals surface area contributed by atoms with Crippen LogP contribution in [0.4, 0.5) is 0 Å². The molecule has 0 aliphatic carbocycles. The molecule has 122 valence electrons. The van der Waals surface area contributed by atoms with Gasteiger partial charge in [0.05, 0.1) is 0 Å². The van der Waals surface area contributed by atoms with Crippen molar-refractivity contribution in [2.24, 2.45) is 7.05 Å². The molecule has 0 saturated heterocycles. The first-order chi connectivity index (χ1) is 11.6. The van der Waals surface area contributed by atoms with Crippen molar-refractivity contribution in [3.8, 4) is 11.3 Å². The van der Waals surface area contributed by atoms with E-state index in [-0.39, 0.29) is 5.56 Å². The van der Waals surface area contributed by atoms with Gasteiger partial charge in [0, 0.05) is 24.2 Å². The summed E-state index contributed by atoms with van der Waals surface area (Å²) >= 11 is 5.84. The van der Waals surface area contributed by atoms with E-state index in [0.29, 0.717) is 17.3 Å². The minimum Gasteiger partial charge on any atom is -0.348 e. The Kier molecular flexibility index (Phi) is 4.53. The minimum atomic E-state index is -0.662. The van der Waals surface area contributed by atoms with Crippen molar-refractivity contribution in [2.45, 2.75) is 6.54 Å². The third kappa shape index (κ3) is 3.26. The van der Waals surface area contributed by atoms with Gasteiger partial charge in [-0.05, 0) is 17.7 Å². The van der Waals surface area contributed by atoms with E-state index in [2.05, 4.69) is 5.32 Å². The van der Waals surface area contributed by atoms with Crippen LogP contribution < -0.4 is 10.9 Å². The number of halogens is 1. The van der Waals surface area contributed by atoms with Gasteiger partial charge in [-0.1, -0.05) is 54.1 Å². The summed E-state index contributed by atoms with van der Waals surface area (Å²) in [5, 5.41) is 3.37. The second-order valence-corrected chi connectivity index (χ2v) is 5.71. The molecule has 1 aromatic heterocycles. The number of carbonyl (C=O) groups is 1. The van der Waals surface area contributed by atoms with Crippen LogP contribution in [0.1, 0.15) is 15.9 Å². The molecular weight excluding hydrogens is 328 g/mol. The van der Waals surface area contributed by atoms with E-state index in [1.807, 2.05) is 42.5 Å². The maximum absolute atomic E-state index is 12.5. The first-order valence-corrected chi connectivity index (χ1v) is 7.72. The average Bonchev–Trinajstić information content (AvgIpc) is 2.89. The van der Waals surface area contributed by atoms with Gasteiger partial charge < -0.3 is 9.84 Å². The summed E-state index contributed by atoms with van der Waals surface area (Å²) in [6.07, 6.45) is 0. The molecule has 2 aromatic carbocycles. The molecule has 1 heterocycles. The lowest BCUT2D eigenvalue weighted by atomic mass is 10.1. The summed E-state index contributed by atoms with van der Waals surface area (Å²) in [5.41, 5.74) is 1.41. The van der Waals surface area contributed by atoms with Gasteiger partial charge in [0.2, 0.25) is 0 Å². The first kappa shape index (κ1) is 16.1. The van der Waals surface area contributed by atoms with Crippen molar-refractivity contribution in [1.29, 1.82) is 0 Å². The van der Waals surface area contributed by atoms with Gasteiger partial charge in [0.25, 0.3) is 5.91 Å². The average molecular weight is 343 g/mol. The van der Waals surface area contributed by atoms with Gasteiger partial charge >= 0.3 is 5.63 Å². The Morgan fingerprint density at radius 1 is 1.12 bits per heavy atom. The molecule has 0 aliphatic rings. The monoisotopic (exact) mass is 342 g/mol. The van der Waals surface area contributed by atoms with Crippen molar-refractivity contribution in [3.05, 3.63) is 81.2 Å². The molecule has 0 aliphatic heterocycles. The SMILES string of the molecule is Cn1oc(=O)c(C(=O)NCc2ccc(Cl)cc2)c1-c1ccccc1. The molecule has 24 heavy (non-hydrogen) atoms. The Hall–Kier alpha value is -2.79. The van der Waals surface area contributed by atoms with Crippen molar-refractivity contribution in [3.63, 3.8) is 0 Å². The number of carbonyl (C=O) groups excluding carboxylic acids is 1. The number of benzene rings is 2. The van der Waals surface area contributed by atoms with E-state index in [1.165, 1.54) is 4.74 Å². The topological polar surface area (TPSA) is 64.2 Å². The van der Waals surface area contributed by atoms with E-state index in [0.717, 1.165) is 11.1 Å². The van der Waals surface area contributed by atoms with Crippen LogP contribution in [0.2, 0.25) is 5.02 Å². The predicted molar refractivity (Wildman–Crippen MR) is 92.0 cm³/mol. The fourth-order valence-electron chi connectivity index (χ4n) is 2.47. The quantitative estimate of drug-likeness (QED) is 0.791. The second-order valence-electron chi connectivity index (χ2n) is 5.27. The van der Waals surface area contributed by atoms with Gasteiger partial charge in [-0.2, -0.15) is 0 Å². The second kappa shape index (κ2) is 6.76. The first-order valence-electron chi connectivity index (χ1n) is 7.34. The molecule has 0 fully saturated rings. The molecule has 3 aromatic rings. The third-order valence-electron chi connectivity index (χ3n) is 3.62. The molecule has 0 bridgehead atoms. The summed E-state index contributed by atoms with van der Waals surface area (Å²) in [6.45, 7) is 0.290. The van der Waals surface area contributed by atoms with Gasteiger partial charge in [0.1, 0.15) is 5.69 Å². The predicted octanol–water partition coefficient (Wildman–Crippen LogP) is 3.23. The molecule has 0 saturated carbocycles. The Morgan fingerprint density at radius 3 is 2.46 bits per heavy atom. The molecule has 0 spiro atoms. The highest BCUT2D eigenvalue weighted by molar-refractivity contribution is 6.30. The molecular formula is C18H15ClN2O3. The number of aromatic nitrogens is 1. The van der Waals surface area contributed by atoms with Gasteiger partial charge in [-0.25, -0.2) is 9.53 Å². The Morgan fingerprint density at radius 2 is 1.79 bits per heavy atom. The van der Waals surface area contributed by atoms with Gasteiger partial charge in [0.15, 0.2) is 5.56 Å². The number of hydrogen-bond acceptors (Lipinski definition) is 3. The Bertz CT molecular complexity index is 912. The number of aryl methyl sites for hydroxylation is 1. The zero-order valence-corrected chi connectivity index (χ0v) is 13.7. The highest BCUT2D eigenvalue weighted by Gasteiger charge is 2.23. The summed E-state index contributed by atoms with van der Waals surface area (Å²) in [7, 11) is 1.60. The highest BCUT2D eigenvalue weighted by atomic mass is 35.5. The fourth-order valence-corrected chi connectivity index (χ4v) is 2.59. The van der Waals surface area contributed by atoms with Gasteiger partial charge in [-0.15, -0.1) is 0 Å². The van der Waals surface area contributed by atoms with Crippen LogP contribution in [0.15, 0.2) is 63.9 Å². The molecule has 1 N–H and O–H groups in total. The largest absolute Gasteiger partial charge is 0.370 e. The van der Waals surface area contributed by atoms with Crippen molar-refractivity contribution >= 4 is 17.5 Å². The molecule has 3 rings (SSSR count). The number of nitrogens with zero attached hydrogens (tertiary/aromatic N) is 1. The Labute approximate surface area is 143 Å². The van der Waals surface area contributed by atoms with Crippen LogP contribution in [-0.4, -0.2) is 10.6 Å². The van der Waals surface area contributed by atoms with Crippen molar-refractivity contribution in [1.82, 2.24) is 10.1 Å². The Balaban J connectivity index is 1.87. The lowest BCUT2D eigenvalue weighted by Gasteiger charge is -2.06. The van der Waals surface area contributed by atoms with E-state index in [9.17, 15) is 9.59 Å². The lowest BCUT2D eigenvalue weighted by Crippen LogP contribution is -2.27. The molecule has 5 nitrogen and oxygen atoms in total. The van der Waals surface area contributed by atoms with E-state index >= 15 is 0 Å². The van der Waals surface area contributed by atoms with Crippen LogP contribution >= 0.6 is 11.6 Å². The van der Waals surface area contributed by atoms with E-state index < -0.39 is 11.5 Å². The van der Waals surface area contributed by atoms with Crippen LogP contribution in [0, 0.1) is 0 Å². The summed E-state index contributed by atoms with van der Waals surface area (Å²) in [5.74, 6) is -0.474. The fraction of sp³-hybridized carbons (Fsp3) is 0.111. The van der Waals surface area contributed by atoms with E-state index in [4.69, 9.17) is 16.1 Å². The number of hydrogen-bond donors (Lipinski definition) is 1. The van der Waals surface area contributed by atoms with E-state index in [1.54, 1.807) is 19.2 Å². The number of amides is 1. The molecule has 1 amide bonds. The van der Waals surface area contributed by atoms with Crippen LogP contribution in [0.25, 0.3) is 11.3 Å².